The molecule has 156 valence electrons. The SMILES string of the molecule is O=C(COCc1cc(-c2ccc3c(c2)OCO3)on1)Nc1c(F)c(F)cc(F)c1F. The van der Waals surface area contributed by atoms with Crippen LogP contribution in [0.3, 0.4) is 0 Å². The molecule has 1 aliphatic rings. The monoisotopic (exact) mass is 424 g/mol. The Kier molecular flexibility index (Phi) is 5.27. The molecule has 11 heteroatoms. The van der Waals surface area contributed by atoms with Crippen LogP contribution in [0.15, 0.2) is 34.9 Å². The zero-order valence-electron chi connectivity index (χ0n) is 15.0. The van der Waals surface area contributed by atoms with E-state index in [9.17, 15) is 22.4 Å². The highest BCUT2D eigenvalue weighted by atomic mass is 19.2. The minimum absolute atomic E-state index is 0.0408. The fraction of sp³-hybridized carbons (Fsp3) is 0.158. The third-order valence-corrected chi connectivity index (χ3v) is 4.08. The molecule has 3 aromatic rings. The molecule has 0 aliphatic carbocycles. The van der Waals surface area contributed by atoms with Crippen molar-refractivity contribution in [2.75, 3.05) is 18.7 Å². The number of anilines is 1. The molecule has 0 fully saturated rings. The molecule has 4 rings (SSSR count). The molecule has 30 heavy (non-hydrogen) atoms. The molecule has 2 heterocycles. The summed E-state index contributed by atoms with van der Waals surface area (Å²) in [6.45, 7) is -0.681. The van der Waals surface area contributed by atoms with Crippen LogP contribution in [0.5, 0.6) is 11.5 Å². The average Bonchev–Trinajstić information content (AvgIpc) is 3.38. The van der Waals surface area contributed by atoms with E-state index in [1.165, 1.54) is 0 Å². The molecule has 0 radical (unpaired) electrons. The number of nitrogens with one attached hydrogen (secondary N) is 1. The van der Waals surface area contributed by atoms with Crippen LogP contribution >= 0.6 is 0 Å². The smallest absolute Gasteiger partial charge is 0.250 e. The van der Waals surface area contributed by atoms with Gasteiger partial charge in [0.1, 0.15) is 18.0 Å². The van der Waals surface area contributed by atoms with Crippen LogP contribution in [-0.2, 0) is 16.1 Å². The Bertz CT molecular complexity index is 1090. The summed E-state index contributed by atoms with van der Waals surface area (Å²) in [5.41, 5.74) is -0.216. The number of ether oxygens (including phenoxy) is 3. The van der Waals surface area contributed by atoms with Crippen molar-refractivity contribution in [3.63, 3.8) is 0 Å². The second-order valence-electron chi connectivity index (χ2n) is 6.13. The summed E-state index contributed by atoms with van der Waals surface area (Å²) in [5, 5.41) is 5.53. The van der Waals surface area contributed by atoms with E-state index in [0.717, 1.165) is 0 Å². The van der Waals surface area contributed by atoms with Crippen LogP contribution in [0.2, 0.25) is 0 Å². The molecular formula is C19H12F4N2O5. The lowest BCUT2D eigenvalue weighted by Crippen LogP contribution is -2.20. The maximum absolute atomic E-state index is 13.6. The van der Waals surface area contributed by atoms with Gasteiger partial charge < -0.3 is 24.1 Å². The highest BCUT2D eigenvalue weighted by Gasteiger charge is 2.21. The first-order valence-electron chi connectivity index (χ1n) is 8.48. The number of carbonyl (C=O) groups is 1. The van der Waals surface area contributed by atoms with E-state index in [1.54, 1.807) is 29.6 Å². The summed E-state index contributed by atoms with van der Waals surface area (Å²) in [7, 11) is 0. The molecule has 7 nitrogen and oxygen atoms in total. The third-order valence-electron chi connectivity index (χ3n) is 4.08. The number of aromatic nitrogens is 1. The van der Waals surface area contributed by atoms with Gasteiger partial charge >= 0.3 is 0 Å². The van der Waals surface area contributed by atoms with Gasteiger partial charge in [-0.3, -0.25) is 4.79 Å². The molecule has 0 spiro atoms. The Hall–Kier alpha value is -3.60. The van der Waals surface area contributed by atoms with Crippen LogP contribution in [0, 0.1) is 23.3 Å². The van der Waals surface area contributed by atoms with Gasteiger partial charge in [0.05, 0.1) is 6.61 Å². The van der Waals surface area contributed by atoms with Crippen molar-refractivity contribution < 1.29 is 41.1 Å². The predicted molar refractivity (Wildman–Crippen MR) is 92.6 cm³/mol. The van der Waals surface area contributed by atoms with Crippen molar-refractivity contribution in [3.8, 4) is 22.8 Å². The van der Waals surface area contributed by atoms with E-state index in [1.807, 2.05) is 0 Å². The van der Waals surface area contributed by atoms with Crippen LogP contribution in [0.25, 0.3) is 11.3 Å². The summed E-state index contributed by atoms with van der Waals surface area (Å²) in [6.07, 6.45) is 0. The molecule has 1 amide bonds. The molecule has 2 aromatic carbocycles. The van der Waals surface area contributed by atoms with Crippen molar-refractivity contribution in [3.05, 3.63) is 59.3 Å². The molecule has 0 bridgehead atoms. The summed E-state index contributed by atoms with van der Waals surface area (Å²) in [4.78, 5) is 11.8. The summed E-state index contributed by atoms with van der Waals surface area (Å²) >= 11 is 0. The lowest BCUT2D eigenvalue weighted by Gasteiger charge is -2.09. The van der Waals surface area contributed by atoms with Gasteiger partial charge in [-0.25, -0.2) is 17.6 Å². The average molecular weight is 424 g/mol. The number of halogens is 4. The maximum Gasteiger partial charge on any atom is 0.250 e. The summed E-state index contributed by atoms with van der Waals surface area (Å²) < 4.78 is 74.3. The second kappa shape index (κ2) is 8.03. The first-order valence-corrected chi connectivity index (χ1v) is 8.48. The van der Waals surface area contributed by atoms with Crippen molar-refractivity contribution in [1.29, 1.82) is 0 Å². The molecule has 0 saturated heterocycles. The zero-order valence-corrected chi connectivity index (χ0v) is 15.0. The van der Waals surface area contributed by atoms with E-state index in [-0.39, 0.29) is 19.5 Å². The lowest BCUT2D eigenvalue weighted by atomic mass is 10.1. The van der Waals surface area contributed by atoms with E-state index in [2.05, 4.69) is 5.16 Å². The number of carbonyl (C=O) groups excluding carboxylic acids is 1. The van der Waals surface area contributed by atoms with Crippen LogP contribution in [0.1, 0.15) is 5.69 Å². The Balaban J connectivity index is 1.34. The Morgan fingerprint density at radius 3 is 2.53 bits per heavy atom. The largest absolute Gasteiger partial charge is 0.454 e. The second-order valence-corrected chi connectivity index (χ2v) is 6.13. The van der Waals surface area contributed by atoms with E-state index >= 15 is 0 Å². The highest BCUT2D eigenvalue weighted by Crippen LogP contribution is 2.36. The number of hydrogen-bond acceptors (Lipinski definition) is 6. The number of fused-ring (bicyclic) bond motifs is 1. The first-order chi connectivity index (χ1) is 14.4. The molecule has 1 aromatic heterocycles. The zero-order chi connectivity index (χ0) is 21.3. The van der Waals surface area contributed by atoms with Gasteiger partial charge in [0, 0.05) is 17.7 Å². The van der Waals surface area contributed by atoms with E-state index < -0.39 is 41.5 Å². The topological polar surface area (TPSA) is 82.8 Å². The lowest BCUT2D eigenvalue weighted by molar-refractivity contribution is -0.121. The van der Waals surface area contributed by atoms with Gasteiger partial charge in [-0.1, -0.05) is 5.16 Å². The number of amides is 1. The third kappa shape index (κ3) is 3.92. The predicted octanol–water partition coefficient (Wildman–Crippen LogP) is 3.78. The van der Waals surface area contributed by atoms with E-state index in [4.69, 9.17) is 18.7 Å². The van der Waals surface area contributed by atoms with Gasteiger partial charge in [-0.15, -0.1) is 0 Å². The fourth-order valence-corrected chi connectivity index (χ4v) is 2.67. The minimum atomic E-state index is -1.72. The van der Waals surface area contributed by atoms with Gasteiger partial charge in [0.15, 0.2) is 40.5 Å². The molecule has 1 aliphatic heterocycles. The van der Waals surface area contributed by atoms with Gasteiger partial charge in [0.25, 0.3) is 5.91 Å². The van der Waals surface area contributed by atoms with Crippen LogP contribution in [0.4, 0.5) is 23.2 Å². The molecular weight excluding hydrogens is 412 g/mol. The summed E-state index contributed by atoms with van der Waals surface area (Å²) in [6, 6.07) is 6.78. The fourth-order valence-electron chi connectivity index (χ4n) is 2.67. The Morgan fingerprint density at radius 1 is 1.03 bits per heavy atom. The number of benzene rings is 2. The van der Waals surface area contributed by atoms with Crippen LogP contribution in [-0.4, -0.2) is 24.5 Å². The van der Waals surface area contributed by atoms with Gasteiger partial charge in [-0.05, 0) is 18.2 Å². The molecule has 0 unspecified atom stereocenters. The quantitative estimate of drug-likeness (QED) is 0.479. The molecule has 0 atom stereocenters. The minimum Gasteiger partial charge on any atom is -0.454 e. The summed E-state index contributed by atoms with van der Waals surface area (Å²) in [5.74, 6) is -6.13. The Morgan fingerprint density at radius 2 is 1.77 bits per heavy atom. The van der Waals surface area contributed by atoms with Gasteiger partial charge in [0.2, 0.25) is 6.79 Å². The van der Waals surface area contributed by atoms with Crippen molar-refractivity contribution in [2.45, 2.75) is 6.61 Å². The number of hydrogen-bond donors (Lipinski definition) is 1. The van der Waals surface area contributed by atoms with E-state index in [0.29, 0.717) is 28.5 Å². The van der Waals surface area contributed by atoms with Crippen molar-refractivity contribution in [1.82, 2.24) is 5.16 Å². The standard InChI is InChI=1S/C19H12F4N2O5/c20-11-5-12(21)18(23)19(17(11)22)24-16(26)7-27-6-10-4-14(30-25-10)9-1-2-13-15(3-9)29-8-28-13/h1-5H,6-8H2,(H,24,26). The normalized spacial score (nSPS) is 12.3. The molecule has 1 N–H and O–H groups in total. The Labute approximate surface area is 166 Å². The van der Waals surface area contributed by atoms with Crippen LogP contribution < -0.4 is 14.8 Å². The first kappa shape index (κ1) is 19.7. The van der Waals surface area contributed by atoms with Gasteiger partial charge in [-0.2, -0.15) is 0 Å². The van der Waals surface area contributed by atoms with Crippen molar-refractivity contribution in [2.24, 2.45) is 0 Å². The maximum atomic E-state index is 13.6. The van der Waals surface area contributed by atoms with Crippen molar-refractivity contribution >= 4 is 11.6 Å². The number of nitrogens with zero attached hydrogens (tertiary/aromatic N) is 1. The number of rotatable bonds is 6. The highest BCUT2D eigenvalue weighted by molar-refractivity contribution is 5.92. The molecule has 0 saturated carbocycles.